The van der Waals surface area contributed by atoms with Gasteiger partial charge in [-0.15, -0.1) is 0 Å². The number of nitriles is 1. The van der Waals surface area contributed by atoms with Crippen molar-refractivity contribution in [2.45, 2.75) is 31.7 Å². The van der Waals surface area contributed by atoms with E-state index in [9.17, 15) is 10.1 Å². The van der Waals surface area contributed by atoms with Crippen LogP contribution in [0.5, 0.6) is 0 Å². The summed E-state index contributed by atoms with van der Waals surface area (Å²) in [4.78, 5) is 17.2. The van der Waals surface area contributed by atoms with E-state index in [0.717, 1.165) is 56.7 Å². The zero-order chi connectivity index (χ0) is 18.6. The number of hydrogen-bond acceptors (Lipinski definition) is 3. The molecule has 0 spiro atoms. The number of fused-ring (bicyclic) bond motifs is 1. The molecule has 138 valence electrons. The molecule has 4 nitrogen and oxygen atoms in total. The molecule has 1 saturated heterocycles. The first kappa shape index (κ1) is 17.8. The quantitative estimate of drug-likeness (QED) is 0.841. The minimum Gasteiger partial charge on any atom is -0.340 e. The van der Waals surface area contributed by atoms with Crippen LogP contribution in [-0.4, -0.2) is 41.9 Å². The highest BCUT2D eigenvalue weighted by Crippen LogP contribution is 2.35. The second-order valence-corrected chi connectivity index (χ2v) is 7.56. The van der Waals surface area contributed by atoms with Crippen LogP contribution >= 0.6 is 0 Å². The van der Waals surface area contributed by atoms with Gasteiger partial charge in [-0.25, -0.2) is 0 Å². The fourth-order valence-electron chi connectivity index (χ4n) is 4.36. The van der Waals surface area contributed by atoms with Gasteiger partial charge < -0.3 is 4.90 Å². The zero-order valence-electron chi connectivity index (χ0n) is 15.6. The summed E-state index contributed by atoms with van der Waals surface area (Å²) in [6, 6.07) is 18.6. The molecule has 1 unspecified atom stereocenters. The zero-order valence-corrected chi connectivity index (χ0v) is 15.6. The summed E-state index contributed by atoms with van der Waals surface area (Å²) in [6.45, 7) is 4.07. The minimum atomic E-state index is 0.286. The first-order chi connectivity index (χ1) is 13.2. The minimum absolute atomic E-state index is 0.286. The molecule has 1 aliphatic heterocycles. The van der Waals surface area contributed by atoms with E-state index in [1.54, 1.807) is 0 Å². The topological polar surface area (TPSA) is 47.3 Å². The summed E-state index contributed by atoms with van der Waals surface area (Å²) < 4.78 is 0. The van der Waals surface area contributed by atoms with Gasteiger partial charge in [-0.2, -0.15) is 5.26 Å². The molecule has 1 amide bonds. The Hall–Kier alpha value is -2.64. The van der Waals surface area contributed by atoms with Crippen LogP contribution in [0.1, 0.15) is 41.0 Å². The molecule has 0 radical (unpaired) electrons. The average Bonchev–Trinajstić information content (AvgIpc) is 3.12. The Labute approximate surface area is 161 Å². The van der Waals surface area contributed by atoms with Gasteiger partial charge in [0.05, 0.1) is 11.6 Å². The maximum absolute atomic E-state index is 12.8. The third-order valence-electron chi connectivity index (χ3n) is 5.93. The molecule has 1 fully saturated rings. The summed E-state index contributed by atoms with van der Waals surface area (Å²) in [5, 5.41) is 9.25. The Morgan fingerprint density at radius 2 is 1.78 bits per heavy atom. The number of carbonyl (C=O) groups excluding carboxylic acids is 1. The van der Waals surface area contributed by atoms with Gasteiger partial charge in [-0.05, 0) is 41.5 Å². The Kier molecular flexibility index (Phi) is 5.22. The maximum Gasteiger partial charge on any atom is 0.223 e. The molecule has 1 atom stereocenters. The van der Waals surface area contributed by atoms with Gasteiger partial charge in [0.15, 0.2) is 0 Å². The Balaban J connectivity index is 1.30. The highest BCUT2D eigenvalue weighted by molar-refractivity contribution is 5.77. The molecule has 2 aromatic carbocycles. The van der Waals surface area contributed by atoms with E-state index >= 15 is 0 Å². The molecule has 4 heteroatoms. The lowest BCUT2D eigenvalue weighted by Crippen LogP contribution is -2.48. The lowest BCUT2D eigenvalue weighted by molar-refractivity contribution is -0.133. The van der Waals surface area contributed by atoms with Gasteiger partial charge in [0.1, 0.15) is 0 Å². The molecule has 4 rings (SSSR count). The smallest absolute Gasteiger partial charge is 0.223 e. The van der Waals surface area contributed by atoms with E-state index < -0.39 is 0 Å². The van der Waals surface area contributed by atoms with E-state index in [4.69, 9.17) is 0 Å². The summed E-state index contributed by atoms with van der Waals surface area (Å²) in [5.41, 5.74) is 4.60. The molecule has 1 aliphatic carbocycles. The first-order valence-corrected chi connectivity index (χ1v) is 9.80. The predicted molar refractivity (Wildman–Crippen MR) is 105 cm³/mol. The van der Waals surface area contributed by atoms with Gasteiger partial charge in [-0.1, -0.05) is 42.5 Å². The van der Waals surface area contributed by atoms with Crippen molar-refractivity contribution in [3.05, 3.63) is 70.8 Å². The van der Waals surface area contributed by atoms with Crippen LogP contribution in [0.4, 0.5) is 0 Å². The normalized spacial score (nSPS) is 19.5. The van der Waals surface area contributed by atoms with E-state index in [1.165, 1.54) is 11.1 Å². The molecule has 1 heterocycles. The fourth-order valence-corrected chi connectivity index (χ4v) is 4.36. The Bertz CT molecular complexity index is 862. The molecular weight excluding hydrogens is 334 g/mol. The summed E-state index contributed by atoms with van der Waals surface area (Å²) >= 11 is 0. The molecule has 27 heavy (non-hydrogen) atoms. The van der Waals surface area contributed by atoms with Gasteiger partial charge in [-0.3, -0.25) is 9.69 Å². The number of amides is 1. The first-order valence-electron chi connectivity index (χ1n) is 9.80. The summed E-state index contributed by atoms with van der Waals surface area (Å²) in [5.74, 6) is 0.669. The van der Waals surface area contributed by atoms with E-state index in [0.29, 0.717) is 12.3 Å². The maximum atomic E-state index is 12.8. The second kappa shape index (κ2) is 7.94. The second-order valence-electron chi connectivity index (χ2n) is 7.56. The van der Waals surface area contributed by atoms with Crippen molar-refractivity contribution in [3.8, 4) is 6.07 Å². The van der Waals surface area contributed by atoms with E-state index in [1.807, 2.05) is 29.2 Å². The van der Waals surface area contributed by atoms with Crippen LogP contribution in [0, 0.1) is 11.3 Å². The monoisotopic (exact) mass is 359 g/mol. The number of nitrogens with zero attached hydrogens (tertiary/aromatic N) is 3. The lowest BCUT2D eigenvalue weighted by Gasteiger charge is -2.35. The third-order valence-corrected chi connectivity index (χ3v) is 5.93. The molecule has 2 aromatic rings. The van der Waals surface area contributed by atoms with Crippen LogP contribution in [0.25, 0.3) is 0 Å². The van der Waals surface area contributed by atoms with Crippen molar-refractivity contribution in [1.29, 1.82) is 5.26 Å². The van der Waals surface area contributed by atoms with Crippen molar-refractivity contribution in [3.63, 3.8) is 0 Å². The number of benzene rings is 2. The van der Waals surface area contributed by atoms with Crippen molar-refractivity contribution >= 4 is 5.91 Å². The number of hydrogen-bond donors (Lipinski definition) is 0. The summed E-state index contributed by atoms with van der Waals surface area (Å²) in [6.07, 6.45) is 2.82. The van der Waals surface area contributed by atoms with Gasteiger partial charge >= 0.3 is 0 Å². The average molecular weight is 359 g/mol. The number of carbonyl (C=O) groups is 1. The van der Waals surface area contributed by atoms with Crippen molar-refractivity contribution in [2.75, 3.05) is 26.2 Å². The standard InChI is InChI=1S/C23H25N3O/c24-16-20-6-1-2-7-21(20)17-25-11-13-26(14-12-25)23(27)15-19-10-9-18-5-3-4-8-22(18)19/h1-8,19H,9-15,17H2. The van der Waals surface area contributed by atoms with Crippen molar-refractivity contribution in [1.82, 2.24) is 9.80 Å². The Morgan fingerprint density at radius 3 is 2.59 bits per heavy atom. The molecule has 0 bridgehead atoms. The van der Waals surface area contributed by atoms with Crippen LogP contribution in [0.2, 0.25) is 0 Å². The largest absolute Gasteiger partial charge is 0.340 e. The lowest BCUT2D eigenvalue weighted by atomic mass is 9.97. The number of aryl methyl sites for hydroxylation is 1. The van der Waals surface area contributed by atoms with Crippen LogP contribution < -0.4 is 0 Å². The van der Waals surface area contributed by atoms with E-state index in [-0.39, 0.29) is 5.91 Å². The van der Waals surface area contributed by atoms with Crippen LogP contribution in [-0.2, 0) is 17.8 Å². The highest BCUT2D eigenvalue weighted by atomic mass is 16.2. The third kappa shape index (κ3) is 3.89. The van der Waals surface area contributed by atoms with Crippen LogP contribution in [0.15, 0.2) is 48.5 Å². The van der Waals surface area contributed by atoms with Gasteiger partial charge in [0.2, 0.25) is 5.91 Å². The fraction of sp³-hybridized carbons (Fsp3) is 0.391. The predicted octanol–water partition coefficient (Wildman–Crippen LogP) is 3.32. The van der Waals surface area contributed by atoms with Gasteiger partial charge in [0, 0.05) is 39.1 Å². The molecule has 2 aliphatic rings. The molecule has 0 saturated carbocycles. The molecular formula is C23H25N3O. The number of piperazine rings is 1. The molecule has 0 N–H and O–H groups in total. The number of rotatable bonds is 4. The SMILES string of the molecule is N#Cc1ccccc1CN1CCN(C(=O)CC2CCc3ccccc32)CC1. The van der Waals surface area contributed by atoms with Crippen molar-refractivity contribution < 1.29 is 4.79 Å². The van der Waals surface area contributed by atoms with Crippen molar-refractivity contribution in [2.24, 2.45) is 0 Å². The molecule has 0 aromatic heterocycles. The highest BCUT2D eigenvalue weighted by Gasteiger charge is 2.28. The van der Waals surface area contributed by atoms with Crippen LogP contribution in [0.3, 0.4) is 0 Å². The Morgan fingerprint density at radius 1 is 1.04 bits per heavy atom. The summed E-state index contributed by atoms with van der Waals surface area (Å²) in [7, 11) is 0. The van der Waals surface area contributed by atoms with Gasteiger partial charge in [0.25, 0.3) is 0 Å². The van der Waals surface area contributed by atoms with E-state index in [2.05, 4.69) is 35.2 Å².